The summed E-state index contributed by atoms with van der Waals surface area (Å²) < 4.78 is 49.5. The Morgan fingerprint density at radius 3 is 2.26 bits per heavy atom. The Morgan fingerprint density at radius 1 is 0.903 bits per heavy atom. The maximum Gasteiger partial charge on any atom is 0.243 e. The lowest BCUT2D eigenvalue weighted by atomic mass is 10.2. The molecule has 2 aliphatic rings. The van der Waals surface area contributed by atoms with E-state index in [4.69, 9.17) is 18.9 Å². The lowest BCUT2D eigenvalue weighted by molar-refractivity contribution is -0.116. The molecule has 1 amide bonds. The molecule has 0 bridgehead atoms. The van der Waals surface area contributed by atoms with E-state index >= 15 is 0 Å². The van der Waals surface area contributed by atoms with E-state index < -0.39 is 15.9 Å². The number of anilines is 1. The van der Waals surface area contributed by atoms with Crippen LogP contribution in [-0.4, -0.2) is 58.1 Å². The minimum absolute atomic E-state index is 0.0470. The van der Waals surface area contributed by atoms with Gasteiger partial charge in [-0.15, -0.1) is 0 Å². The highest BCUT2D eigenvalue weighted by Crippen LogP contribution is 2.34. The summed E-state index contributed by atoms with van der Waals surface area (Å²) in [5.41, 5.74) is 0.498. The third-order valence-electron chi connectivity index (χ3n) is 4.86. The summed E-state index contributed by atoms with van der Waals surface area (Å²) in [6.07, 6.45) is 0.720. The van der Waals surface area contributed by atoms with E-state index in [1.165, 1.54) is 12.1 Å². The van der Waals surface area contributed by atoms with Crippen LogP contribution in [0.25, 0.3) is 0 Å². The van der Waals surface area contributed by atoms with Gasteiger partial charge in [0.1, 0.15) is 13.2 Å². The van der Waals surface area contributed by atoms with Crippen LogP contribution >= 0.6 is 0 Å². The van der Waals surface area contributed by atoms with E-state index in [-0.39, 0.29) is 18.0 Å². The molecular weight excluding hydrogens is 424 g/mol. The number of carbonyl (C=O) groups is 1. The van der Waals surface area contributed by atoms with Crippen molar-refractivity contribution in [2.24, 2.45) is 0 Å². The lowest BCUT2D eigenvalue weighted by Gasteiger charge is -2.21. The SMILES string of the molecule is CCN(CC(=O)Nc1ccc2c(c1)OCCO2)S(=O)(=O)c1ccc2c(c1)OCCCO2. The zero-order valence-electron chi connectivity index (χ0n) is 17.1. The number of carbonyl (C=O) groups excluding carboxylic acids is 1. The Bertz CT molecular complexity index is 1070. The summed E-state index contributed by atoms with van der Waals surface area (Å²) in [7, 11) is -3.91. The maximum absolute atomic E-state index is 13.1. The molecule has 2 aromatic carbocycles. The number of nitrogens with zero attached hydrogens (tertiary/aromatic N) is 1. The van der Waals surface area contributed by atoms with Crippen molar-refractivity contribution in [3.63, 3.8) is 0 Å². The van der Waals surface area contributed by atoms with Gasteiger partial charge in [-0.2, -0.15) is 4.31 Å². The smallest absolute Gasteiger partial charge is 0.243 e. The van der Waals surface area contributed by atoms with E-state index in [1.807, 2.05) is 0 Å². The van der Waals surface area contributed by atoms with Crippen LogP contribution in [0.15, 0.2) is 41.3 Å². The molecule has 166 valence electrons. The van der Waals surface area contributed by atoms with E-state index in [2.05, 4.69) is 5.32 Å². The van der Waals surface area contributed by atoms with Gasteiger partial charge in [0, 0.05) is 30.8 Å². The van der Waals surface area contributed by atoms with E-state index in [9.17, 15) is 13.2 Å². The quantitative estimate of drug-likeness (QED) is 0.723. The molecule has 2 aromatic rings. The molecule has 0 aliphatic carbocycles. The fourth-order valence-corrected chi connectivity index (χ4v) is 4.72. The normalized spacial score (nSPS) is 15.3. The van der Waals surface area contributed by atoms with Crippen molar-refractivity contribution >= 4 is 21.6 Å². The van der Waals surface area contributed by atoms with E-state index in [0.717, 1.165) is 10.7 Å². The average Bonchev–Trinajstić information content (AvgIpc) is 3.02. The Labute approximate surface area is 180 Å². The third kappa shape index (κ3) is 4.70. The first kappa shape index (κ1) is 21.3. The first-order valence-corrected chi connectivity index (χ1v) is 11.5. The van der Waals surface area contributed by atoms with Crippen molar-refractivity contribution in [2.75, 3.05) is 44.8 Å². The summed E-state index contributed by atoms with van der Waals surface area (Å²) in [6.45, 7) is 3.35. The molecule has 0 saturated carbocycles. The van der Waals surface area contributed by atoms with Crippen LogP contribution in [0.1, 0.15) is 13.3 Å². The van der Waals surface area contributed by atoms with Crippen molar-refractivity contribution in [3.05, 3.63) is 36.4 Å². The van der Waals surface area contributed by atoms with Gasteiger partial charge in [0.25, 0.3) is 0 Å². The number of likely N-dealkylation sites (N-methyl/N-ethyl adjacent to an activating group) is 1. The van der Waals surface area contributed by atoms with Gasteiger partial charge in [-0.1, -0.05) is 6.92 Å². The second-order valence-corrected chi connectivity index (χ2v) is 8.93. The molecule has 1 N–H and O–H groups in total. The highest BCUT2D eigenvalue weighted by atomic mass is 32.2. The molecule has 4 rings (SSSR count). The van der Waals surface area contributed by atoms with Crippen LogP contribution in [0.3, 0.4) is 0 Å². The number of hydrogen-bond donors (Lipinski definition) is 1. The molecule has 0 fully saturated rings. The molecule has 0 radical (unpaired) electrons. The van der Waals surface area contributed by atoms with Crippen molar-refractivity contribution < 1.29 is 32.2 Å². The second kappa shape index (κ2) is 9.03. The molecule has 2 heterocycles. The van der Waals surface area contributed by atoms with Crippen molar-refractivity contribution in [2.45, 2.75) is 18.2 Å². The largest absolute Gasteiger partial charge is 0.490 e. The van der Waals surface area contributed by atoms with Crippen LogP contribution in [0.2, 0.25) is 0 Å². The molecular formula is C21H24N2O7S. The number of rotatable bonds is 6. The topological polar surface area (TPSA) is 103 Å². The lowest BCUT2D eigenvalue weighted by Crippen LogP contribution is -2.37. The maximum atomic E-state index is 13.1. The number of fused-ring (bicyclic) bond motifs is 2. The molecule has 10 heteroatoms. The predicted molar refractivity (Wildman–Crippen MR) is 113 cm³/mol. The molecule has 0 spiro atoms. The van der Waals surface area contributed by atoms with Crippen molar-refractivity contribution in [1.29, 1.82) is 0 Å². The van der Waals surface area contributed by atoms with E-state index in [1.54, 1.807) is 31.2 Å². The van der Waals surface area contributed by atoms with Crippen molar-refractivity contribution in [1.82, 2.24) is 4.31 Å². The van der Waals surface area contributed by atoms with Gasteiger partial charge in [-0.25, -0.2) is 8.42 Å². The summed E-state index contributed by atoms with van der Waals surface area (Å²) in [6, 6.07) is 9.52. The number of ether oxygens (including phenoxy) is 4. The Kier molecular flexibility index (Phi) is 6.19. The Hall–Kier alpha value is -2.98. The number of sulfonamides is 1. The fourth-order valence-electron chi connectivity index (χ4n) is 3.30. The fraction of sp³-hybridized carbons (Fsp3) is 0.381. The molecule has 0 atom stereocenters. The number of amides is 1. The monoisotopic (exact) mass is 448 g/mol. The zero-order chi connectivity index (χ0) is 21.8. The summed E-state index contributed by atoms with van der Waals surface area (Å²) >= 11 is 0. The van der Waals surface area contributed by atoms with Crippen LogP contribution in [0.5, 0.6) is 23.0 Å². The summed E-state index contributed by atoms with van der Waals surface area (Å²) in [5, 5.41) is 2.71. The number of nitrogens with one attached hydrogen (secondary N) is 1. The average molecular weight is 448 g/mol. The molecule has 0 saturated heterocycles. The zero-order valence-corrected chi connectivity index (χ0v) is 17.9. The number of benzene rings is 2. The Morgan fingerprint density at radius 2 is 1.52 bits per heavy atom. The van der Waals surface area contributed by atoms with Crippen LogP contribution in [0.4, 0.5) is 5.69 Å². The second-order valence-electron chi connectivity index (χ2n) is 7.00. The van der Waals surface area contributed by atoms with Gasteiger partial charge in [0.15, 0.2) is 23.0 Å². The predicted octanol–water partition coefficient (Wildman–Crippen LogP) is 2.27. The highest BCUT2D eigenvalue weighted by Gasteiger charge is 2.27. The van der Waals surface area contributed by atoms with Gasteiger partial charge >= 0.3 is 0 Å². The van der Waals surface area contributed by atoms with Crippen LogP contribution in [-0.2, 0) is 14.8 Å². The summed E-state index contributed by atoms with van der Waals surface area (Å²) in [5.74, 6) is 1.58. The Balaban J connectivity index is 1.47. The number of hydrogen-bond acceptors (Lipinski definition) is 7. The van der Waals surface area contributed by atoms with Gasteiger partial charge in [-0.05, 0) is 24.3 Å². The molecule has 9 nitrogen and oxygen atoms in total. The van der Waals surface area contributed by atoms with Gasteiger partial charge in [-0.3, -0.25) is 4.79 Å². The standard InChI is InChI=1S/C21H24N2O7S/c1-2-23(14-21(24)22-15-4-6-17-19(12-15)30-11-10-29-17)31(25,26)16-5-7-18-20(13-16)28-9-3-8-27-18/h4-7,12-13H,2-3,8-11,14H2,1H3,(H,22,24). The molecule has 31 heavy (non-hydrogen) atoms. The van der Waals surface area contributed by atoms with Crippen LogP contribution in [0, 0.1) is 0 Å². The van der Waals surface area contributed by atoms with E-state index in [0.29, 0.717) is 55.1 Å². The highest BCUT2D eigenvalue weighted by molar-refractivity contribution is 7.89. The summed E-state index contributed by atoms with van der Waals surface area (Å²) in [4.78, 5) is 12.6. The molecule has 0 unspecified atom stereocenters. The van der Waals surface area contributed by atoms with Gasteiger partial charge in [0.05, 0.1) is 24.7 Å². The molecule has 0 aromatic heterocycles. The first-order valence-electron chi connectivity index (χ1n) is 10.1. The first-order chi connectivity index (χ1) is 15.0. The van der Waals surface area contributed by atoms with Crippen molar-refractivity contribution in [3.8, 4) is 23.0 Å². The van der Waals surface area contributed by atoms with Gasteiger partial charge in [0.2, 0.25) is 15.9 Å². The van der Waals surface area contributed by atoms with Crippen LogP contribution < -0.4 is 24.3 Å². The molecule has 2 aliphatic heterocycles. The van der Waals surface area contributed by atoms with Gasteiger partial charge < -0.3 is 24.3 Å². The minimum atomic E-state index is -3.91. The third-order valence-corrected chi connectivity index (χ3v) is 6.77. The minimum Gasteiger partial charge on any atom is -0.490 e.